The molecule has 0 bridgehead atoms. The SMILES string of the molecule is CC1Cc2[nH]cc3c2C(C1)NC3. The zero-order valence-corrected chi connectivity index (χ0v) is 7.35. The quantitative estimate of drug-likeness (QED) is 0.597. The summed E-state index contributed by atoms with van der Waals surface area (Å²) in [6.45, 7) is 3.41. The Labute approximate surface area is 72.4 Å². The number of aromatic amines is 1. The van der Waals surface area contributed by atoms with Crippen molar-refractivity contribution in [2.75, 3.05) is 0 Å². The van der Waals surface area contributed by atoms with Gasteiger partial charge in [0.2, 0.25) is 0 Å². The summed E-state index contributed by atoms with van der Waals surface area (Å²) >= 11 is 0. The zero-order chi connectivity index (χ0) is 8.13. The van der Waals surface area contributed by atoms with Crippen LogP contribution >= 0.6 is 0 Å². The predicted molar refractivity (Wildman–Crippen MR) is 47.9 cm³/mol. The lowest BCUT2D eigenvalue weighted by molar-refractivity contribution is 0.397. The van der Waals surface area contributed by atoms with Crippen molar-refractivity contribution in [3.63, 3.8) is 0 Å². The first-order valence-electron chi connectivity index (χ1n) is 4.77. The average Bonchev–Trinajstić information content (AvgIpc) is 2.59. The molecule has 1 aromatic heterocycles. The van der Waals surface area contributed by atoms with E-state index in [2.05, 4.69) is 23.4 Å². The third kappa shape index (κ3) is 0.734. The van der Waals surface area contributed by atoms with Gasteiger partial charge in [-0.25, -0.2) is 0 Å². The predicted octanol–water partition coefficient (Wildman–Crippen LogP) is 1.74. The smallest absolute Gasteiger partial charge is 0.0346 e. The number of hydrogen-bond acceptors (Lipinski definition) is 1. The van der Waals surface area contributed by atoms with Crippen molar-refractivity contribution < 1.29 is 0 Å². The Morgan fingerprint density at radius 3 is 3.33 bits per heavy atom. The van der Waals surface area contributed by atoms with E-state index in [0.717, 1.165) is 12.5 Å². The molecule has 0 saturated heterocycles. The minimum Gasteiger partial charge on any atom is -0.364 e. The minimum absolute atomic E-state index is 0.657. The van der Waals surface area contributed by atoms with Gasteiger partial charge < -0.3 is 10.3 Å². The number of aromatic nitrogens is 1. The molecule has 2 N–H and O–H groups in total. The molecule has 0 aromatic carbocycles. The summed E-state index contributed by atoms with van der Waals surface area (Å²) in [5.74, 6) is 0.833. The van der Waals surface area contributed by atoms with Gasteiger partial charge >= 0.3 is 0 Å². The highest BCUT2D eigenvalue weighted by Gasteiger charge is 2.31. The van der Waals surface area contributed by atoms with Crippen molar-refractivity contribution >= 4 is 0 Å². The summed E-state index contributed by atoms with van der Waals surface area (Å²) in [5, 5.41) is 3.55. The summed E-state index contributed by atoms with van der Waals surface area (Å²) in [7, 11) is 0. The molecule has 2 heteroatoms. The summed E-state index contributed by atoms with van der Waals surface area (Å²) in [6.07, 6.45) is 4.74. The molecule has 1 aliphatic heterocycles. The minimum atomic E-state index is 0.657. The second-order valence-electron chi connectivity index (χ2n) is 4.18. The van der Waals surface area contributed by atoms with E-state index in [1.807, 2.05) is 0 Å². The molecule has 3 rings (SSSR count). The van der Waals surface area contributed by atoms with Crippen LogP contribution in [0.1, 0.15) is 36.2 Å². The number of H-pyrrole nitrogens is 1. The maximum absolute atomic E-state index is 3.55. The van der Waals surface area contributed by atoms with E-state index in [-0.39, 0.29) is 0 Å². The standard InChI is InChI=1S/C10H14N2/c1-6-2-8-10-7(4-11-8)5-12-9(10)3-6/h4,6,9,11-12H,2-3,5H2,1H3. The molecule has 2 atom stereocenters. The molecule has 0 fully saturated rings. The summed E-state index contributed by atoms with van der Waals surface area (Å²) in [5.41, 5.74) is 4.58. The van der Waals surface area contributed by atoms with Crippen LogP contribution < -0.4 is 5.32 Å². The highest BCUT2D eigenvalue weighted by molar-refractivity contribution is 5.39. The lowest BCUT2D eigenvalue weighted by atomic mass is 9.86. The highest BCUT2D eigenvalue weighted by atomic mass is 15.0. The number of hydrogen-bond donors (Lipinski definition) is 2. The second kappa shape index (κ2) is 2.13. The Balaban J connectivity index is 2.14. The van der Waals surface area contributed by atoms with Crippen LogP contribution in [0.4, 0.5) is 0 Å². The van der Waals surface area contributed by atoms with Crippen LogP contribution in [0.25, 0.3) is 0 Å². The molecule has 1 aromatic rings. The summed E-state index contributed by atoms with van der Waals surface area (Å²) in [6, 6.07) is 0.657. The van der Waals surface area contributed by atoms with Crippen LogP contribution in [0, 0.1) is 5.92 Å². The number of nitrogens with one attached hydrogen (secondary N) is 2. The third-order valence-electron chi connectivity index (χ3n) is 3.17. The first-order chi connectivity index (χ1) is 5.84. The second-order valence-corrected chi connectivity index (χ2v) is 4.18. The lowest BCUT2D eigenvalue weighted by Gasteiger charge is -2.24. The largest absolute Gasteiger partial charge is 0.364 e. The molecular weight excluding hydrogens is 148 g/mol. The Morgan fingerprint density at radius 2 is 2.42 bits per heavy atom. The van der Waals surface area contributed by atoms with Gasteiger partial charge in [0.1, 0.15) is 0 Å². The fourth-order valence-electron chi connectivity index (χ4n) is 2.64. The Hall–Kier alpha value is -0.760. The van der Waals surface area contributed by atoms with Gasteiger partial charge in [-0.2, -0.15) is 0 Å². The van der Waals surface area contributed by atoms with Crippen molar-refractivity contribution in [1.29, 1.82) is 0 Å². The van der Waals surface area contributed by atoms with Gasteiger partial charge in [0, 0.05) is 24.5 Å². The van der Waals surface area contributed by atoms with Gasteiger partial charge in [-0.3, -0.25) is 0 Å². The van der Waals surface area contributed by atoms with Gasteiger partial charge in [0.25, 0.3) is 0 Å². The fourth-order valence-corrected chi connectivity index (χ4v) is 2.64. The van der Waals surface area contributed by atoms with Crippen molar-refractivity contribution in [1.82, 2.24) is 10.3 Å². The molecule has 2 nitrogen and oxygen atoms in total. The van der Waals surface area contributed by atoms with E-state index in [4.69, 9.17) is 0 Å². The third-order valence-corrected chi connectivity index (χ3v) is 3.17. The monoisotopic (exact) mass is 162 g/mol. The molecule has 1 aliphatic carbocycles. The topological polar surface area (TPSA) is 27.8 Å². The highest BCUT2D eigenvalue weighted by Crippen LogP contribution is 2.38. The van der Waals surface area contributed by atoms with Gasteiger partial charge in [0.05, 0.1) is 0 Å². The normalized spacial score (nSPS) is 32.1. The average molecular weight is 162 g/mol. The van der Waals surface area contributed by atoms with E-state index in [1.165, 1.54) is 24.1 Å². The Morgan fingerprint density at radius 1 is 1.50 bits per heavy atom. The molecule has 64 valence electrons. The maximum atomic E-state index is 3.55. The first kappa shape index (κ1) is 6.72. The lowest BCUT2D eigenvalue weighted by Crippen LogP contribution is -2.21. The first-order valence-corrected chi connectivity index (χ1v) is 4.77. The fraction of sp³-hybridized carbons (Fsp3) is 0.600. The maximum Gasteiger partial charge on any atom is 0.0346 e. The van der Waals surface area contributed by atoms with Crippen LogP contribution in [0.3, 0.4) is 0 Å². The van der Waals surface area contributed by atoms with E-state index in [1.54, 1.807) is 5.56 Å². The van der Waals surface area contributed by atoms with Crippen LogP contribution in [0.15, 0.2) is 6.20 Å². The van der Waals surface area contributed by atoms with E-state index >= 15 is 0 Å². The van der Waals surface area contributed by atoms with E-state index in [9.17, 15) is 0 Å². The van der Waals surface area contributed by atoms with Crippen molar-refractivity contribution in [2.45, 2.75) is 32.4 Å². The van der Waals surface area contributed by atoms with Crippen LogP contribution in [-0.4, -0.2) is 4.98 Å². The van der Waals surface area contributed by atoms with Gasteiger partial charge in [0.15, 0.2) is 0 Å². The van der Waals surface area contributed by atoms with Gasteiger partial charge in [-0.1, -0.05) is 6.92 Å². The summed E-state index contributed by atoms with van der Waals surface area (Å²) < 4.78 is 0. The molecule has 2 aliphatic rings. The Kier molecular flexibility index (Phi) is 1.20. The summed E-state index contributed by atoms with van der Waals surface area (Å²) in [4.78, 5) is 3.40. The van der Waals surface area contributed by atoms with Crippen molar-refractivity contribution in [2.24, 2.45) is 5.92 Å². The van der Waals surface area contributed by atoms with Crippen LogP contribution in [0.5, 0.6) is 0 Å². The van der Waals surface area contributed by atoms with Crippen LogP contribution in [-0.2, 0) is 13.0 Å². The molecule has 0 saturated carbocycles. The van der Waals surface area contributed by atoms with Crippen LogP contribution in [0.2, 0.25) is 0 Å². The Bertz CT molecular complexity index is 314. The van der Waals surface area contributed by atoms with Crippen molar-refractivity contribution in [3.8, 4) is 0 Å². The van der Waals surface area contributed by atoms with Gasteiger partial charge in [-0.05, 0) is 29.9 Å². The molecule has 0 spiro atoms. The molecule has 2 unspecified atom stereocenters. The van der Waals surface area contributed by atoms with Crippen molar-refractivity contribution in [3.05, 3.63) is 23.0 Å². The molecule has 2 heterocycles. The molecular formula is C10H14N2. The number of rotatable bonds is 0. The molecule has 0 radical (unpaired) electrons. The molecule has 12 heavy (non-hydrogen) atoms. The van der Waals surface area contributed by atoms with E-state index < -0.39 is 0 Å². The molecule has 0 amide bonds. The van der Waals surface area contributed by atoms with Gasteiger partial charge in [-0.15, -0.1) is 0 Å². The van der Waals surface area contributed by atoms with E-state index in [0.29, 0.717) is 6.04 Å². The zero-order valence-electron chi connectivity index (χ0n) is 7.35.